The number of hydrazine groups is 1. The molecule has 0 radical (unpaired) electrons. The summed E-state index contributed by atoms with van der Waals surface area (Å²) in [5.74, 6) is -1.13. The van der Waals surface area contributed by atoms with E-state index in [-0.39, 0.29) is 19.1 Å². The van der Waals surface area contributed by atoms with Crippen LogP contribution < -0.4 is 10.9 Å². The lowest BCUT2D eigenvalue weighted by Gasteiger charge is -2.45. The molecule has 0 spiro atoms. The third-order valence-electron chi connectivity index (χ3n) is 7.23. The zero-order chi connectivity index (χ0) is 31.5. The molecule has 3 saturated heterocycles. The summed E-state index contributed by atoms with van der Waals surface area (Å²) in [5, 5.41) is 12.4. The lowest BCUT2D eigenvalue weighted by atomic mass is 10.0. The molecule has 43 heavy (non-hydrogen) atoms. The number of fused-ring (bicyclic) bond motifs is 2. The number of aliphatic hydroxyl groups is 1. The molecule has 4 rings (SSSR count). The van der Waals surface area contributed by atoms with E-state index in [0.29, 0.717) is 26.0 Å². The third-order valence-corrected chi connectivity index (χ3v) is 7.23. The van der Waals surface area contributed by atoms with Crippen molar-refractivity contribution >= 4 is 24.0 Å². The Bertz CT molecular complexity index is 1160. The second-order valence-corrected chi connectivity index (χ2v) is 13.1. The van der Waals surface area contributed by atoms with Crippen LogP contribution in [-0.2, 0) is 30.5 Å². The van der Waals surface area contributed by atoms with Gasteiger partial charge >= 0.3 is 12.2 Å². The number of piperidine rings is 1. The Balaban J connectivity index is 1.29. The number of nitrogens with one attached hydrogen (secondary N) is 2. The number of likely N-dealkylation sites (tertiary alicyclic amines) is 1. The van der Waals surface area contributed by atoms with E-state index in [9.17, 15) is 24.3 Å². The lowest BCUT2D eigenvalue weighted by molar-refractivity contribution is -0.265. The van der Waals surface area contributed by atoms with E-state index in [0.717, 1.165) is 5.56 Å². The minimum Gasteiger partial charge on any atom is -0.444 e. The Hall–Kier alpha value is -3.46. The first-order chi connectivity index (χ1) is 20.1. The minimum atomic E-state index is -1.11. The van der Waals surface area contributed by atoms with Gasteiger partial charge in [-0.2, -0.15) is 0 Å². The number of carbonyl (C=O) groups excluding carboxylic acids is 4. The van der Waals surface area contributed by atoms with E-state index in [1.165, 1.54) is 14.9 Å². The number of benzene rings is 1. The molecule has 1 aromatic rings. The van der Waals surface area contributed by atoms with Crippen LogP contribution in [0.25, 0.3) is 0 Å². The van der Waals surface area contributed by atoms with Gasteiger partial charge in [-0.15, -0.1) is 5.06 Å². The van der Waals surface area contributed by atoms with Crippen LogP contribution in [0.1, 0.15) is 59.9 Å². The standard InChI is InChI=1S/C29H44N6O8/c1-28(2,3)42-26(39)32-14-21(15-32)33(27(40)43-29(4,5)6)17-23(36)30-31-24(37)22-13-12-20-16-34(22)25(38)35(20)41-18-19-10-8-7-9-11-19/h7-11,20-22,25,38H,12-18H2,1-6H3,(H,30,36)(H,31,37)/t20-,22+,25?/m1/s1. The van der Waals surface area contributed by atoms with Crippen LogP contribution in [0.2, 0.25) is 0 Å². The number of hydrogen-bond donors (Lipinski definition) is 3. The zero-order valence-electron chi connectivity index (χ0n) is 25.7. The van der Waals surface area contributed by atoms with Gasteiger partial charge in [-0.05, 0) is 59.9 Å². The smallest absolute Gasteiger partial charge is 0.411 e. The first-order valence-electron chi connectivity index (χ1n) is 14.6. The lowest BCUT2D eigenvalue weighted by Crippen LogP contribution is -2.65. The summed E-state index contributed by atoms with van der Waals surface area (Å²) in [6, 6.07) is 8.37. The minimum absolute atomic E-state index is 0.0672. The fourth-order valence-corrected chi connectivity index (χ4v) is 5.15. The average Bonchev–Trinajstić information content (AvgIpc) is 3.12. The topological polar surface area (TPSA) is 153 Å². The second kappa shape index (κ2) is 13.0. The van der Waals surface area contributed by atoms with Gasteiger partial charge in [-0.3, -0.25) is 35.1 Å². The van der Waals surface area contributed by atoms with Crippen molar-refractivity contribution in [1.82, 2.24) is 30.6 Å². The molecule has 0 aliphatic carbocycles. The Kier molecular flexibility index (Phi) is 9.84. The molecule has 0 aromatic heterocycles. The summed E-state index contributed by atoms with van der Waals surface area (Å²) in [7, 11) is 0. The second-order valence-electron chi connectivity index (χ2n) is 13.1. The summed E-state index contributed by atoms with van der Waals surface area (Å²) in [6.07, 6.45) is -1.25. The molecule has 4 atom stereocenters. The largest absolute Gasteiger partial charge is 0.444 e. The molecule has 14 heteroatoms. The Morgan fingerprint density at radius 3 is 2.21 bits per heavy atom. The molecular weight excluding hydrogens is 560 g/mol. The molecule has 3 aliphatic heterocycles. The average molecular weight is 605 g/mol. The van der Waals surface area contributed by atoms with Crippen molar-refractivity contribution in [2.24, 2.45) is 0 Å². The van der Waals surface area contributed by atoms with Gasteiger partial charge in [-0.25, -0.2) is 9.59 Å². The molecule has 1 aromatic carbocycles. The fourth-order valence-electron chi connectivity index (χ4n) is 5.15. The van der Waals surface area contributed by atoms with E-state index in [1.54, 1.807) is 46.4 Å². The molecule has 2 bridgehead atoms. The Morgan fingerprint density at radius 1 is 0.930 bits per heavy atom. The number of ether oxygens (including phenoxy) is 2. The van der Waals surface area contributed by atoms with Gasteiger partial charge in [0.1, 0.15) is 17.7 Å². The van der Waals surface area contributed by atoms with Gasteiger partial charge in [0.15, 0.2) is 6.35 Å². The van der Waals surface area contributed by atoms with Crippen molar-refractivity contribution in [3.63, 3.8) is 0 Å². The molecule has 3 aliphatic rings. The first kappa shape index (κ1) is 32.5. The van der Waals surface area contributed by atoms with E-state index in [1.807, 2.05) is 30.3 Å². The van der Waals surface area contributed by atoms with Crippen LogP contribution in [-0.4, -0.2) is 111 Å². The van der Waals surface area contributed by atoms with Crippen LogP contribution in [0.4, 0.5) is 9.59 Å². The van der Waals surface area contributed by atoms with Crippen molar-refractivity contribution in [2.75, 3.05) is 26.2 Å². The molecule has 3 N–H and O–H groups in total. The summed E-state index contributed by atoms with van der Waals surface area (Å²) in [6.45, 7) is 11.1. The molecule has 4 amide bonds. The van der Waals surface area contributed by atoms with Gasteiger partial charge in [0.25, 0.3) is 11.8 Å². The van der Waals surface area contributed by atoms with Gasteiger partial charge in [-0.1, -0.05) is 30.3 Å². The highest BCUT2D eigenvalue weighted by Crippen LogP contribution is 2.32. The molecule has 0 saturated carbocycles. The summed E-state index contributed by atoms with van der Waals surface area (Å²) >= 11 is 0. The normalized spacial score (nSPS) is 24.1. The number of carbonyl (C=O) groups is 4. The van der Waals surface area contributed by atoms with Crippen molar-refractivity contribution in [3.05, 3.63) is 35.9 Å². The van der Waals surface area contributed by atoms with Crippen LogP contribution >= 0.6 is 0 Å². The van der Waals surface area contributed by atoms with Gasteiger partial charge in [0.2, 0.25) is 0 Å². The molecule has 3 heterocycles. The van der Waals surface area contributed by atoms with Crippen molar-refractivity contribution in [2.45, 2.75) is 96.7 Å². The summed E-state index contributed by atoms with van der Waals surface area (Å²) < 4.78 is 10.9. The van der Waals surface area contributed by atoms with Crippen LogP contribution in [0.15, 0.2) is 30.3 Å². The maximum Gasteiger partial charge on any atom is 0.411 e. The van der Waals surface area contributed by atoms with E-state index in [2.05, 4.69) is 10.9 Å². The van der Waals surface area contributed by atoms with E-state index >= 15 is 0 Å². The van der Waals surface area contributed by atoms with Gasteiger partial charge in [0, 0.05) is 19.6 Å². The molecular formula is C29H44N6O8. The quantitative estimate of drug-likeness (QED) is 0.391. The number of hydroxylamine groups is 2. The van der Waals surface area contributed by atoms with Crippen molar-refractivity contribution < 1.29 is 38.6 Å². The van der Waals surface area contributed by atoms with Crippen molar-refractivity contribution in [3.8, 4) is 0 Å². The van der Waals surface area contributed by atoms with Crippen LogP contribution in [0.3, 0.4) is 0 Å². The number of aliphatic hydroxyl groups excluding tert-OH is 1. The molecule has 3 fully saturated rings. The summed E-state index contributed by atoms with van der Waals surface area (Å²) in [4.78, 5) is 61.5. The van der Waals surface area contributed by atoms with E-state index < -0.39 is 60.2 Å². The molecule has 238 valence electrons. The van der Waals surface area contributed by atoms with E-state index in [4.69, 9.17) is 14.3 Å². The monoisotopic (exact) mass is 604 g/mol. The first-order valence-corrected chi connectivity index (χ1v) is 14.6. The Morgan fingerprint density at radius 2 is 1.58 bits per heavy atom. The van der Waals surface area contributed by atoms with Crippen LogP contribution in [0, 0.1) is 0 Å². The van der Waals surface area contributed by atoms with Crippen molar-refractivity contribution in [1.29, 1.82) is 0 Å². The highest BCUT2D eigenvalue weighted by Gasteiger charge is 2.49. The number of hydrogen-bond acceptors (Lipinski definition) is 10. The SMILES string of the molecule is CC(C)(C)OC(=O)N1CC(N(CC(=O)NNC(=O)[C@@H]2CC[C@@H]3CN2C(O)N3OCc2ccccc2)C(=O)OC(C)(C)C)C1. The van der Waals surface area contributed by atoms with Gasteiger partial charge < -0.3 is 19.5 Å². The highest BCUT2D eigenvalue weighted by molar-refractivity contribution is 5.87. The molecule has 14 nitrogen and oxygen atoms in total. The predicted octanol–water partition coefficient (Wildman–Crippen LogP) is 1.55. The summed E-state index contributed by atoms with van der Waals surface area (Å²) in [5.41, 5.74) is 4.31. The number of nitrogens with zero attached hydrogens (tertiary/aromatic N) is 4. The van der Waals surface area contributed by atoms with Gasteiger partial charge in [0.05, 0.1) is 24.7 Å². The molecule has 2 unspecified atom stereocenters. The number of rotatable bonds is 7. The maximum atomic E-state index is 13.1. The third kappa shape index (κ3) is 8.56. The maximum absolute atomic E-state index is 13.1. The predicted molar refractivity (Wildman–Crippen MR) is 153 cm³/mol. The van der Waals surface area contributed by atoms with Crippen LogP contribution in [0.5, 0.6) is 0 Å². The Labute approximate surface area is 252 Å². The zero-order valence-corrected chi connectivity index (χ0v) is 25.7. The highest BCUT2D eigenvalue weighted by atomic mass is 16.7. The fraction of sp³-hybridized carbons (Fsp3) is 0.655. The number of amides is 4.